The van der Waals surface area contributed by atoms with Gasteiger partial charge in [0.25, 0.3) is 0 Å². The topological polar surface area (TPSA) is 66.5 Å². The quantitative estimate of drug-likeness (QED) is 0.799. The van der Waals surface area contributed by atoms with Gasteiger partial charge in [0.2, 0.25) is 15.9 Å². The molecule has 0 spiro atoms. The van der Waals surface area contributed by atoms with Gasteiger partial charge in [-0.25, -0.2) is 17.2 Å². The Kier molecular flexibility index (Phi) is 6.31. The Balaban J connectivity index is 2.06. The van der Waals surface area contributed by atoms with Crippen LogP contribution in [0, 0.1) is 11.6 Å². The van der Waals surface area contributed by atoms with Gasteiger partial charge in [0, 0.05) is 24.7 Å². The molecule has 0 bridgehead atoms. The summed E-state index contributed by atoms with van der Waals surface area (Å²) >= 11 is 0. The molecule has 0 heterocycles. The summed E-state index contributed by atoms with van der Waals surface area (Å²) in [4.78, 5) is 12.1. The molecule has 0 radical (unpaired) electrons. The maximum Gasteiger partial charge on any atom is 0.232 e. The molecule has 140 valence electrons. The average molecular weight is 382 g/mol. The maximum absolute atomic E-state index is 13.4. The Morgan fingerprint density at radius 3 is 2.27 bits per heavy atom. The highest BCUT2D eigenvalue weighted by molar-refractivity contribution is 7.92. The third-order valence-electron chi connectivity index (χ3n) is 3.78. The number of halogens is 2. The van der Waals surface area contributed by atoms with E-state index in [4.69, 9.17) is 0 Å². The molecule has 1 N–H and O–H groups in total. The number of aryl methyl sites for hydroxylation is 1. The van der Waals surface area contributed by atoms with E-state index < -0.39 is 21.7 Å². The van der Waals surface area contributed by atoms with E-state index in [0.29, 0.717) is 5.69 Å². The number of carbonyl (C=O) groups excluding carboxylic acids is 1. The van der Waals surface area contributed by atoms with Gasteiger partial charge in [-0.3, -0.25) is 9.10 Å². The van der Waals surface area contributed by atoms with Crippen molar-refractivity contribution in [2.24, 2.45) is 0 Å². The fourth-order valence-corrected chi connectivity index (χ4v) is 3.30. The maximum atomic E-state index is 13.4. The second kappa shape index (κ2) is 8.27. The SMILES string of the molecule is CCc1ccc(NC(=O)CCN(c2ccc(F)c(F)c2)S(C)(=O)=O)cc1. The lowest BCUT2D eigenvalue weighted by molar-refractivity contribution is -0.116. The predicted octanol–water partition coefficient (Wildman–Crippen LogP) is 3.32. The molecule has 2 aromatic rings. The number of benzene rings is 2. The Morgan fingerprint density at radius 1 is 1.08 bits per heavy atom. The molecule has 26 heavy (non-hydrogen) atoms. The first-order chi connectivity index (χ1) is 12.2. The second-order valence-corrected chi connectivity index (χ2v) is 7.69. The first-order valence-corrected chi connectivity index (χ1v) is 9.87. The summed E-state index contributed by atoms with van der Waals surface area (Å²) in [6.45, 7) is 1.83. The molecule has 5 nitrogen and oxygen atoms in total. The number of nitrogens with zero attached hydrogens (tertiary/aromatic N) is 1. The Hall–Kier alpha value is -2.48. The molecule has 2 aromatic carbocycles. The Morgan fingerprint density at radius 2 is 1.73 bits per heavy atom. The number of carbonyl (C=O) groups is 1. The van der Waals surface area contributed by atoms with Crippen molar-refractivity contribution >= 4 is 27.3 Å². The number of sulfonamides is 1. The molecule has 0 aliphatic heterocycles. The van der Waals surface area contributed by atoms with Crippen LogP contribution in [0.1, 0.15) is 18.9 Å². The van der Waals surface area contributed by atoms with E-state index in [9.17, 15) is 22.0 Å². The minimum absolute atomic E-state index is 0.0356. The standard InChI is InChI=1S/C18H20F2N2O3S/c1-3-13-4-6-14(7-5-13)21-18(23)10-11-22(26(2,24)25)15-8-9-16(19)17(20)12-15/h4-9,12H,3,10-11H2,1-2H3,(H,21,23). The Labute approximate surface area is 151 Å². The van der Waals surface area contributed by atoms with Crippen LogP contribution in [0.25, 0.3) is 0 Å². The van der Waals surface area contributed by atoms with Crippen molar-refractivity contribution < 1.29 is 22.0 Å². The fourth-order valence-electron chi connectivity index (χ4n) is 2.38. The number of amides is 1. The minimum Gasteiger partial charge on any atom is -0.326 e. The highest BCUT2D eigenvalue weighted by Crippen LogP contribution is 2.21. The van der Waals surface area contributed by atoms with E-state index in [2.05, 4.69) is 5.32 Å². The van der Waals surface area contributed by atoms with Crippen LogP contribution in [0.5, 0.6) is 0 Å². The average Bonchev–Trinajstić information content (AvgIpc) is 2.57. The summed E-state index contributed by atoms with van der Waals surface area (Å²) in [7, 11) is -3.76. The summed E-state index contributed by atoms with van der Waals surface area (Å²) < 4.78 is 51.2. The van der Waals surface area contributed by atoms with Crippen molar-refractivity contribution in [2.75, 3.05) is 22.4 Å². The van der Waals surface area contributed by atoms with Crippen molar-refractivity contribution in [1.82, 2.24) is 0 Å². The molecule has 0 fully saturated rings. The van der Waals surface area contributed by atoms with E-state index in [-0.39, 0.29) is 24.6 Å². The second-order valence-electron chi connectivity index (χ2n) is 5.78. The van der Waals surface area contributed by atoms with Crippen molar-refractivity contribution in [3.8, 4) is 0 Å². The molecule has 0 saturated heterocycles. The molecule has 8 heteroatoms. The van der Waals surface area contributed by atoms with Crippen LogP contribution in [0.3, 0.4) is 0 Å². The number of rotatable bonds is 7. The third-order valence-corrected chi connectivity index (χ3v) is 4.97. The number of anilines is 2. The van der Waals surface area contributed by atoms with Crippen molar-refractivity contribution in [3.05, 3.63) is 59.7 Å². The minimum atomic E-state index is -3.76. The van der Waals surface area contributed by atoms with Gasteiger partial charge in [-0.1, -0.05) is 19.1 Å². The van der Waals surface area contributed by atoms with Gasteiger partial charge in [0.05, 0.1) is 11.9 Å². The highest BCUT2D eigenvalue weighted by Gasteiger charge is 2.20. The highest BCUT2D eigenvalue weighted by atomic mass is 32.2. The lowest BCUT2D eigenvalue weighted by Crippen LogP contribution is -2.33. The molecule has 0 aliphatic carbocycles. The number of hydrogen-bond donors (Lipinski definition) is 1. The largest absolute Gasteiger partial charge is 0.326 e. The van der Waals surface area contributed by atoms with Gasteiger partial charge in [0.15, 0.2) is 11.6 Å². The summed E-state index contributed by atoms with van der Waals surface area (Å²) in [6, 6.07) is 10.1. The van der Waals surface area contributed by atoms with Gasteiger partial charge in [0.1, 0.15) is 0 Å². The summed E-state index contributed by atoms with van der Waals surface area (Å²) in [5.41, 5.74) is 1.70. The summed E-state index contributed by atoms with van der Waals surface area (Å²) in [5.74, 6) is -2.61. The first kappa shape index (κ1) is 19.8. The molecule has 0 aromatic heterocycles. The zero-order valence-corrected chi connectivity index (χ0v) is 15.3. The predicted molar refractivity (Wildman–Crippen MR) is 97.6 cm³/mol. The molecule has 1 amide bonds. The van der Waals surface area contributed by atoms with E-state index in [1.807, 2.05) is 19.1 Å². The lowest BCUT2D eigenvalue weighted by atomic mass is 10.1. The van der Waals surface area contributed by atoms with Gasteiger partial charge >= 0.3 is 0 Å². The van der Waals surface area contributed by atoms with Crippen molar-refractivity contribution in [1.29, 1.82) is 0 Å². The number of hydrogen-bond acceptors (Lipinski definition) is 3. The van der Waals surface area contributed by atoms with Crippen molar-refractivity contribution in [3.63, 3.8) is 0 Å². The molecular weight excluding hydrogens is 362 g/mol. The lowest BCUT2D eigenvalue weighted by Gasteiger charge is -2.22. The van der Waals surface area contributed by atoms with Gasteiger partial charge < -0.3 is 5.32 Å². The fraction of sp³-hybridized carbons (Fsp3) is 0.278. The normalized spacial score (nSPS) is 11.2. The van der Waals surface area contributed by atoms with E-state index in [0.717, 1.165) is 40.7 Å². The number of nitrogens with one attached hydrogen (secondary N) is 1. The van der Waals surface area contributed by atoms with E-state index >= 15 is 0 Å². The van der Waals surface area contributed by atoms with Crippen LogP contribution in [-0.4, -0.2) is 27.1 Å². The van der Waals surface area contributed by atoms with Gasteiger partial charge in [-0.2, -0.15) is 0 Å². The van der Waals surface area contributed by atoms with Crippen LogP contribution in [0.4, 0.5) is 20.2 Å². The van der Waals surface area contributed by atoms with Gasteiger partial charge in [-0.15, -0.1) is 0 Å². The van der Waals surface area contributed by atoms with Crippen LogP contribution in [0.15, 0.2) is 42.5 Å². The van der Waals surface area contributed by atoms with Crippen LogP contribution in [-0.2, 0) is 21.2 Å². The van der Waals surface area contributed by atoms with Crippen LogP contribution in [0.2, 0.25) is 0 Å². The molecule has 0 unspecified atom stereocenters. The molecule has 0 atom stereocenters. The molecule has 0 aliphatic rings. The Bertz CT molecular complexity index is 884. The van der Waals surface area contributed by atoms with Crippen LogP contribution >= 0.6 is 0 Å². The van der Waals surface area contributed by atoms with E-state index in [1.165, 1.54) is 0 Å². The first-order valence-electron chi connectivity index (χ1n) is 8.02. The van der Waals surface area contributed by atoms with Crippen LogP contribution < -0.4 is 9.62 Å². The monoisotopic (exact) mass is 382 g/mol. The van der Waals surface area contributed by atoms with Crippen molar-refractivity contribution in [2.45, 2.75) is 19.8 Å². The zero-order chi connectivity index (χ0) is 19.3. The smallest absolute Gasteiger partial charge is 0.232 e. The molecular formula is C18H20F2N2O3S. The van der Waals surface area contributed by atoms with Gasteiger partial charge in [-0.05, 0) is 36.2 Å². The molecule has 0 saturated carbocycles. The van der Waals surface area contributed by atoms with E-state index in [1.54, 1.807) is 12.1 Å². The zero-order valence-electron chi connectivity index (χ0n) is 14.5. The summed E-state index contributed by atoms with van der Waals surface area (Å²) in [6.07, 6.45) is 1.68. The molecule has 2 rings (SSSR count). The summed E-state index contributed by atoms with van der Waals surface area (Å²) in [5, 5.41) is 2.68. The third kappa shape index (κ3) is 5.26.